The minimum absolute atomic E-state index is 0.127. The van der Waals surface area contributed by atoms with Gasteiger partial charge >= 0.3 is 0 Å². The molecule has 0 saturated carbocycles. The summed E-state index contributed by atoms with van der Waals surface area (Å²) in [5, 5.41) is 0. The van der Waals surface area contributed by atoms with Gasteiger partial charge < -0.3 is 15.5 Å². The minimum Gasteiger partial charge on any atom is -0.377 e. The molecule has 1 atom stereocenters. The molecule has 1 fully saturated rings. The largest absolute Gasteiger partial charge is 0.377 e. The number of hydrogen-bond donors (Lipinski definition) is 1. The number of piperidine rings is 1. The Bertz CT molecular complexity index is 1070. The van der Waals surface area contributed by atoms with E-state index >= 15 is 0 Å². The first-order chi connectivity index (χ1) is 19.2. The summed E-state index contributed by atoms with van der Waals surface area (Å²) in [4.78, 5) is 9.73. The third-order valence-electron chi connectivity index (χ3n) is 7.98. The Labute approximate surface area is 244 Å². The number of aryl methyl sites for hydroxylation is 2. The summed E-state index contributed by atoms with van der Waals surface area (Å²) in [6.45, 7) is 24.2. The summed E-state index contributed by atoms with van der Waals surface area (Å²) in [5.41, 5.74) is 11.9. The fourth-order valence-electron chi connectivity index (χ4n) is 5.68. The van der Waals surface area contributed by atoms with E-state index in [2.05, 4.69) is 82.3 Å². The zero-order chi connectivity index (χ0) is 30.2. The Morgan fingerprint density at radius 2 is 1.82 bits per heavy atom. The fraction of sp³-hybridized carbons (Fsp3) is 0.514. The van der Waals surface area contributed by atoms with Gasteiger partial charge in [-0.05, 0) is 106 Å². The average Bonchev–Trinajstić information content (AvgIpc) is 2.97. The molecule has 2 aromatic rings. The highest BCUT2D eigenvalue weighted by atomic mass is 19.1. The van der Waals surface area contributed by atoms with Gasteiger partial charge in [-0.25, -0.2) is 4.39 Å². The number of unbranched alkanes of at least 4 members (excludes halogenated alkanes) is 2. The van der Waals surface area contributed by atoms with E-state index in [9.17, 15) is 4.39 Å². The molecule has 0 radical (unpaired) electrons. The maximum Gasteiger partial charge on any atom is 0.126 e. The molecule has 0 aliphatic carbocycles. The molecular weight excluding hydrogens is 495 g/mol. The SMILES string of the molecule is C=C.C=C/C(=C\N(C)C1CCN(CCCCC)CC1)c1cnc(C)c(CC(C)c2c(C)ccc(F)c2C)c1.CN. The number of rotatable bonds is 11. The minimum atomic E-state index is -0.127. The molecule has 40 heavy (non-hydrogen) atoms. The standard InChI is InChI=1S/C32H46FN3.C2H4.CH5N/c1-8-10-11-16-36-17-14-30(15-18-36)35(7)22-27(9-2)29-20-28(26(6)34-21-29)19-24(4)32-23(3)12-13-31(33)25(32)5;2*1-2/h9,12-13,20-22,24,30H,2,8,10-11,14-19H2,1,3-7H3;1-2H2;2H2,1H3/b27-22+;;. The van der Waals surface area contributed by atoms with Gasteiger partial charge in [-0.2, -0.15) is 0 Å². The van der Waals surface area contributed by atoms with Crippen molar-refractivity contribution in [2.24, 2.45) is 5.73 Å². The molecule has 222 valence electrons. The first-order valence-corrected chi connectivity index (χ1v) is 14.8. The van der Waals surface area contributed by atoms with Gasteiger partial charge in [-0.3, -0.25) is 4.98 Å². The number of nitrogens with zero attached hydrogens (tertiary/aromatic N) is 3. The molecule has 5 heteroatoms. The number of benzene rings is 1. The third kappa shape index (κ3) is 10.0. The molecule has 0 bridgehead atoms. The molecule has 1 aliphatic heterocycles. The van der Waals surface area contributed by atoms with Crippen molar-refractivity contribution in [1.29, 1.82) is 0 Å². The Hall–Kier alpha value is -2.76. The van der Waals surface area contributed by atoms with Crippen molar-refractivity contribution in [3.8, 4) is 0 Å². The van der Waals surface area contributed by atoms with E-state index < -0.39 is 0 Å². The number of likely N-dealkylation sites (tertiary alicyclic amines) is 1. The van der Waals surface area contributed by atoms with E-state index in [4.69, 9.17) is 4.98 Å². The van der Waals surface area contributed by atoms with Crippen LogP contribution in [0.5, 0.6) is 0 Å². The number of allylic oxidation sites excluding steroid dienone is 2. The van der Waals surface area contributed by atoms with E-state index in [0.29, 0.717) is 6.04 Å². The Morgan fingerprint density at radius 3 is 2.42 bits per heavy atom. The zero-order valence-electron chi connectivity index (χ0n) is 26.4. The number of hydrogen-bond acceptors (Lipinski definition) is 4. The molecule has 2 heterocycles. The van der Waals surface area contributed by atoms with E-state index in [0.717, 1.165) is 39.9 Å². The monoisotopic (exact) mass is 550 g/mol. The molecule has 1 saturated heterocycles. The van der Waals surface area contributed by atoms with Gasteiger partial charge in [-0.1, -0.05) is 45.4 Å². The van der Waals surface area contributed by atoms with Gasteiger partial charge in [0.15, 0.2) is 0 Å². The molecule has 1 aromatic carbocycles. The smallest absolute Gasteiger partial charge is 0.126 e. The lowest BCUT2D eigenvalue weighted by molar-refractivity contribution is 0.154. The number of nitrogens with two attached hydrogens (primary N) is 1. The third-order valence-corrected chi connectivity index (χ3v) is 7.98. The van der Waals surface area contributed by atoms with Crippen LogP contribution in [0.3, 0.4) is 0 Å². The molecule has 0 amide bonds. The van der Waals surface area contributed by atoms with Crippen LogP contribution in [-0.4, -0.2) is 54.6 Å². The molecular formula is C35H55FN4. The van der Waals surface area contributed by atoms with E-state index in [1.807, 2.05) is 25.3 Å². The van der Waals surface area contributed by atoms with Crippen molar-refractivity contribution < 1.29 is 4.39 Å². The lowest BCUT2D eigenvalue weighted by Gasteiger charge is -2.36. The Morgan fingerprint density at radius 1 is 1.18 bits per heavy atom. The van der Waals surface area contributed by atoms with Crippen molar-refractivity contribution >= 4 is 5.57 Å². The van der Waals surface area contributed by atoms with Gasteiger partial charge in [0.1, 0.15) is 5.82 Å². The topological polar surface area (TPSA) is 45.4 Å². The molecule has 1 unspecified atom stereocenters. The summed E-state index contributed by atoms with van der Waals surface area (Å²) in [6.07, 6.45) is 13.3. The van der Waals surface area contributed by atoms with Crippen molar-refractivity contribution in [3.63, 3.8) is 0 Å². The zero-order valence-corrected chi connectivity index (χ0v) is 26.4. The highest BCUT2D eigenvalue weighted by molar-refractivity contribution is 5.73. The van der Waals surface area contributed by atoms with Crippen LogP contribution in [0.2, 0.25) is 0 Å². The van der Waals surface area contributed by atoms with Crippen molar-refractivity contribution in [2.75, 3.05) is 33.7 Å². The second-order valence-corrected chi connectivity index (χ2v) is 10.7. The summed E-state index contributed by atoms with van der Waals surface area (Å²) in [5.74, 6) is 0.0792. The van der Waals surface area contributed by atoms with E-state index in [1.54, 1.807) is 6.07 Å². The van der Waals surface area contributed by atoms with Crippen LogP contribution >= 0.6 is 0 Å². The molecule has 3 rings (SSSR count). The number of aromatic nitrogens is 1. The highest BCUT2D eigenvalue weighted by Gasteiger charge is 2.21. The van der Waals surface area contributed by atoms with Gasteiger partial charge in [-0.15, -0.1) is 13.2 Å². The van der Waals surface area contributed by atoms with Crippen molar-refractivity contribution in [1.82, 2.24) is 14.8 Å². The summed E-state index contributed by atoms with van der Waals surface area (Å²) >= 11 is 0. The van der Waals surface area contributed by atoms with Crippen LogP contribution in [0.4, 0.5) is 4.39 Å². The summed E-state index contributed by atoms with van der Waals surface area (Å²) in [7, 11) is 3.70. The second kappa shape index (κ2) is 18.6. The van der Waals surface area contributed by atoms with E-state index in [-0.39, 0.29) is 11.7 Å². The van der Waals surface area contributed by atoms with Crippen molar-refractivity contribution in [2.45, 2.75) is 85.1 Å². The first kappa shape index (κ1) is 35.3. The van der Waals surface area contributed by atoms with Gasteiger partial charge in [0.25, 0.3) is 0 Å². The van der Waals surface area contributed by atoms with Gasteiger partial charge in [0.05, 0.1) is 0 Å². The van der Waals surface area contributed by atoms with Crippen LogP contribution in [-0.2, 0) is 6.42 Å². The molecule has 1 aromatic heterocycles. The number of halogens is 1. The van der Waals surface area contributed by atoms with Crippen molar-refractivity contribution in [3.05, 3.63) is 95.7 Å². The quantitative estimate of drug-likeness (QED) is 0.175. The second-order valence-electron chi connectivity index (χ2n) is 10.7. The first-order valence-electron chi connectivity index (χ1n) is 14.8. The average molecular weight is 551 g/mol. The normalized spacial score (nSPS) is 14.9. The van der Waals surface area contributed by atoms with Crippen LogP contribution in [0, 0.1) is 26.6 Å². The van der Waals surface area contributed by atoms with Crippen LogP contribution in [0.15, 0.2) is 56.4 Å². The maximum atomic E-state index is 14.3. The molecule has 0 spiro atoms. The highest BCUT2D eigenvalue weighted by Crippen LogP contribution is 2.30. The van der Waals surface area contributed by atoms with Gasteiger partial charge in [0, 0.05) is 49.8 Å². The molecule has 1 aliphatic rings. The molecule has 4 nitrogen and oxygen atoms in total. The number of pyridine rings is 1. The van der Waals surface area contributed by atoms with Crippen LogP contribution in [0.25, 0.3) is 5.57 Å². The lowest BCUT2D eigenvalue weighted by Crippen LogP contribution is -2.41. The van der Waals surface area contributed by atoms with Gasteiger partial charge in [0.2, 0.25) is 0 Å². The summed E-state index contributed by atoms with van der Waals surface area (Å²) < 4.78 is 14.3. The Kier molecular flexibility index (Phi) is 16.4. The van der Waals surface area contributed by atoms with Crippen LogP contribution in [0.1, 0.15) is 85.4 Å². The Balaban J connectivity index is 0.00000191. The summed E-state index contributed by atoms with van der Waals surface area (Å²) in [6, 6.07) is 6.27. The van der Waals surface area contributed by atoms with Crippen LogP contribution < -0.4 is 5.73 Å². The maximum absolute atomic E-state index is 14.3. The lowest BCUT2D eigenvalue weighted by atomic mass is 9.86. The predicted octanol–water partition coefficient (Wildman–Crippen LogP) is 7.98. The van der Waals surface area contributed by atoms with E-state index in [1.165, 1.54) is 64.3 Å². The predicted molar refractivity (Wildman–Crippen MR) is 173 cm³/mol. The fourth-order valence-corrected chi connectivity index (χ4v) is 5.68. The molecule has 2 N–H and O–H groups in total.